The maximum Gasteiger partial charge on any atom is 0.321 e. The van der Waals surface area contributed by atoms with Crippen LogP contribution in [0, 0.1) is 0 Å². The molecule has 1 heterocycles. The fourth-order valence-corrected chi connectivity index (χ4v) is 2.80. The van der Waals surface area contributed by atoms with Crippen molar-refractivity contribution in [2.75, 3.05) is 13.1 Å². The number of nitrogens with one attached hydrogen (secondary N) is 1. The Labute approximate surface area is 236 Å². The van der Waals surface area contributed by atoms with E-state index in [1.807, 2.05) is 30.3 Å². The molecule has 1 fully saturated rings. The zero-order valence-electron chi connectivity index (χ0n) is 22.6. The van der Waals surface area contributed by atoms with Gasteiger partial charge in [0, 0.05) is 6.54 Å². The lowest BCUT2D eigenvalue weighted by Gasteiger charge is -2.04. The van der Waals surface area contributed by atoms with Crippen molar-refractivity contribution >= 4 is 35.7 Å². The third-order valence-corrected chi connectivity index (χ3v) is 5.00. The third kappa shape index (κ3) is 23.3. The van der Waals surface area contributed by atoms with Gasteiger partial charge in [-0.1, -0.05) is 30.3 Å². The summed E-state index contributed by atoms with van der Waals surface area (Å²) in [6, 6.07) is 6.29. The molecule has 2 rings (SSSR count). The summed E-state index contributed by atoms with van der Waals surface area (Å²) < 4.78 is 0. The molecule has 0 aliphatic carbocycles. The number of rotatable bonds is 12. The van der Waals surface area contributed by atoms with Crippen molar-refractivity contribution in [3.05, 3.63) is 35.9 Å². The first-order chi connectivity index (χ1) is 19.1. The highest BCUT2D eigenvalue weighted by molar-refractivity contribution is 5.83. The van der Waals surface area contributed by atoms with E-state index in [2.05, 4.69) is 16.0 Å². The van der Waals surface area contributed by atoms with E-state index in [9.17, 15) is 24.0 Å². The van der Waals surface area contributed by atoms with Crippen LogP contribution < -0.4 is 39.7 Å². The Morgan fingerprint density at radius 1 is 0.854 bits per heavy atom. The van der Waals surface area contributed by atoms with E-state index in [1.54, 1.807) is 0 Å². The first-order valence-electron chi connectivity index (χ1n) is 12.4. The molecule has 1 aromatic rings. The lowest BCUT2D eigenvalue weighted by atomic mass is 10.1. The van der Waals surface area contributed by atoms with Crippen LogP contribution in [0.5, 0.6) is 0 Å². The van der Waals surface area contributed by atoms with Gasteiger partial charge in [-0.05, 0) is 44.2 Å². The Bertz CT molecular complexity index is 969. The zero-order valence-corrected chi connectivity index (χ0v) is 22.6. The molecule has 1 aliphatic rings. The van der Waals surface area contributed by atoms with Gasteiger partial charge in [-0.2, -0.15) is 0 Å². The monoisotopic (exact) mass is 586 g/mol. The number of carbonyl (C=O) groups excluding carboxylic acids is 1. The van der Waals surface area contributed by atoms with Crippen molar-refractivity contribution in [2.45, 2.75) is 62.7 Å². The summed E-state index contributed by atoms with van der Waals surface area (Å²) in [6.07, 6.45) is 2.81. The lowest BCUT2D eigenvalue weighted by Crippen LogP contribution is -2.34. The van der Waals surface area contributed by atoms with E-state index in [0.29, 0.717) is 25.8 Å². The van der Waals surface area contributed by atoms with Crippen LogP contribution >= 0.6 is 0 Å². The molecule has 4 atom stereocenters. The molecule has 17 heteroatoms. The minimum absolute atomic E-state index is 0.0129. The number of nitrogens with two attached hydrogens (primary N) is 6. The quantitative estimate of drug-likeness (QED) is 0.0668. The maximum atomic E-state index is 10.4. The Morgan fingerprint density at radius 3 is 1.73 bits per heavy atom. The predicted molar refractivity (Wildman–Crippen MR) is 149 cm³/mol. The molecule has 1 amide bonds. The summed E-state index contributed by atoms with van der Waals surface area (Å²) in [4.78, 5) is 54.3. The summed E-state index contributed by atoms with van der Waals surface area (Å²) in [7, 11) is 0. The van der Waals surface area contributed by atoms with Crippen LogP contribution in [0.4, 0.5) is 0 Å². The minimum atomic E-state index is -1.21. The number of guanidine groups is 1. The Kier molecular flexibility index (Phi) is 21.3. The summed E-state index contributed by atoms with van der Waals surface area (Å²) in [5.41, 5.74) is 31.2. The smallest absolute Gasteiger partial charge is 0.321 e. The van der Waals surface area contributed by atoms with Gasteiger partial charge in [0.2, 0.25) is 5.91 Å². The van der Waals surface area contributed by atoms with Gasteiger partial charge in [0.05, 0.1) is 6.42 Å². The number of carboxylic acids is 4. The average molecular weight is 587 g/mol. The Morgan fingerprint density at radius 2 is 1.39 bits per heavy atom. The third-order valence-electron chi connectivity index (χ3n) is 5.00. The fourth-order valence-electron chi connectivity index (χ4n) is 2.80. The van der Waals surface area contributed by atoms with Crippen LogP contribution in [0.15, 0.2) is 35.3 Å². The van der Waals surface area contributed by atoms with Gasteiger partial charge in [-0.25, -0.2) is 0 Å². The minimum Gasteiger partial charge on any atom is -0.480 e. The van der Waals surface area contributed by atoms with Crippen LogP contribution in [0.1, 0.15) is 37.7 Å². The summed E-state index contributed by atoms with van der Waals surface area (Å²) >= 11 is 0. The molecule has 0 saturated carbocycles. The predicted octanol–water partition coefficient (Wildman–Crippen LogP) is -2.81. The van der Waals surface area contributed by atoms with Crippen molar-refractivity contribution in [3.63, 3.8) is 0 Å². The molecule has 0 bridgehead atoms. The molecule has 17 N–H and O–H groups in total. The van der Waals surface area contributed by atoms with Gasteiger partial charge in [-0.3, -0.25) is 29.0 Å². The first kappa shape index (κ1) is 38.8. The van der Waals surface area contributed by atoms with Crippen LogP contribution in [-0.2, 0) is 30.4 Å². The molecule has 0 aromatic heterocycles. The number of amides is 1. The molecule has 0 spiro atoms. The van der Waals surface area contributed by atoms with E-state index in [0.717, 1.165) is 24.9 Å². The largest absolute Gasteiger partial charge is 0.480 e. The highest BCUT2D eigenvalue weighted by atomic mass is 16.4. The standard InChI is InChI=1S/C9H11NO2.C6H14N4O2.C5H9NO2.C4H8N2O3/c10-8(9(11)12)6-7-4-2-1-3-5-7;7-4(5(11)12)2-1-3-10-6(8)9;7-5(8)4-2-1-3-6-4;5-2(4(8)9)1-3(6)7/h1-5,8H,6,10H2,(H,11,12);4H,1-3,7H2,(H,11,12)(H4,8,9,10);4,6H,1-3H2,(H,7,8);2H,1,5H2,(H2,6,7)(H,8,9). The SMILES string of the molecule is NC(=O)CC(N)C(=O)O.NC(Cc1ccccc1)C(=O)O.NC(N)=NCCCC(N)C(=O)O.O=C(O)C1CCCN1. The molecular weight excluding hydrogens is 544 g/mol. The van der Waals surface area contributed by atoms with Crippen LogP contribution in [0.3, 0.4) is 0 Å². The van der Waals surface area contributed by atoms with Crippen molar-refractivity contribution in [1.82, 2.24) is 5.32 Å². The summed E-state index contributed by atoms with van der Waals surface area (Å²) in [5, 5.41) is 36.2. The number of carbonyl (C=O) groups is 5. The second-order valence-electron chi connectivity index (χ2n) is 8.63. The normalized spacial score (nSPS) is 15.4. The number of aliphatic imine (C=N–C) groups is 1. The Hall–Kier alpha value is -4.32. The number of nitrogens with zero attached hydrogens (tertiary/aromatic N) is 1. The van der Waals surface area contributed by atoms with Gasteiger partial charge >= 0.3 is 23.9 Å². The van der Waals surface area contributed by atoms with Gasteiger partial charge in [-0.15, -0.1) is 0 Å². The summed E-state index contributed by atoms with van der Waals surface area (Å²) in [5.74, 6) is -4.58. The second kappa shape index (κ2) is 22.5. The lowest BCUT2D eigenvalue weighted by molar-refractivity contribution is -0.140. The topological polar surface area (TPSA) is 347 Å². The van der Waals surface area contributed by atoms with Gasteiger partial charge < -0.3 is 60.1 Å². The molecule has 4 unspecified atom stereocenters. The number of aliphatic carboxylic acids is 4. The van der Waals surface area contributed by atoms with Crippen LogP contribution in [-0.4, -0.2) is 93.4 Å². The van der Waals surface area contributed by atoms with Crippen molar-refractivity contribution < 1.29 is 44.4 Å². The number of hydrogen-bond donors (Lipinski definition) is 11. The molecule has 1 saturated heterocycles. The van der Waals surface area contributed by atoms with E-state index in [-0.39, 0.29) is 18.4 Å². The van der Waals surface area contributed by atoms with Crippen molar-refractivity contribution in [2.24, 2.45) is 39.4 Å². The average Bonchev–Trinajstić information content (AvgIpc) is 3.43. The van der Waals surface area contributed by atoms with Crippen LogP contribution in [0.25, 0.3) is 0 Å². The van der Waals surface area contributed by atoms with Gasteiger partial charge in [0.25, 0.3) is 0 Å². The van der Waals surface area contributed by atoms with E-state index >= 15 is 0 Å². The fraction of sp³-hybridized carbons (Fsp3) is 0.500. The second-order valence-corrected chi connectivity index (χ2v) is 8.63. The van der Waals surface area contributed by atoms with E-state index in [1.165, 1.54) is 0 Å². The van der Waals surface area contributed by atoms with Crippen molar-refractivity contribution in [3.8, 4) is 0 Å². The molecule has 0 radical (unpaired) electrons. The first-order valence-corrected chi connectivity index (χ1v) is 12.4. The van der Waals surface area contributed by atoms with Crippen LogP contribution in [0.2, 0.25) is 0 Å². The molecular formula is C24H42N8O9. The molecule has 1 aromatic carbocycles. The number of hydrogen-bond acceptors (Lipinski definition) is 10. The molecule has 41 heavy (non-hydrogen) atoms. The summed E-state index contributed by atoms with van der Waals surface area (Å²) in [6.45, 7) is 1.28. The highest BCUT2D eigenvalue weighted by Crippen LogP contribution is 2.03. The molecule has 1 aliphatic heterocycles. The molecule has 232 valence electrons. The maximum absolute atomic E-state index is 10.4. The molecule has 17 nitrogen and oxygen atoms in total. The number of benzene rings is 1. The van der Waals surface area contributed by atoms with E-state index < -0.39 is 47.9 Å². The Balaban J connectivity index is 0. The van der Waals surface area contributed by atoms with Crippen molar-refractivity contribution in [1.29, 1.82) is 0 Å². The van der Waals surface area contributed by atoms with E-state index in [4.69, 9.17) is 49.1 Å². The van der Waals surface area contributed by atoms with Gasteiger partial charge in [0.1, 0.15) is 24.2 Å². The number of primary amides is 1. The highest BCUT2D eigenvalue weighted by Gasteiger charge is 2.20. The van der Waals surface area contributed by atoms with Gasteiger partial charge in [0.15, 0.2) is 5.96 Å². The number of carboxylic acid groups (broad SMARTS) is 4. The zero-order chi connectivity index (χ0) is 32.0.